The lowest BCUT2D eigenvalue weighted by Gasteiger charge is -2.33. The molecule has 2 aromatic heterocycles. The molecule has 172 valence electrons. The van der Waals surface area contributed by atoms with E-state index in [-0.39, 0.29) is 24.0 Å². The Bertz CT molecular complexity index is 828. The summed E-state index contributed by atoms with van der Waals surface area (Å²) < 4.78 is 1.68. The van der Waals surface area contributed by atoms with Crippen LogP contribution in [0.2, 0.25) is 0 Å². The van der Waals surface area contributed by atoms with Gasteiger partial charge < -0.3 is 25.5 Å². The molecule has 2 aromatic rings. The standard InChI is InChI=1S/C21H34N8O.HI/c1-5-22-20(25-16-21(2,30)18-14-26-28(4)15-18)24-13-17-6-7-19(23-12-17)29-10-8-27(3)9-11-29;/h6-7,12,14-15,30H,5,8-11,13,16H2,1-4H3,(H2,22,24,25);1H. The summed E-state index contributed by atoms with van der Waals surface area (Å²) in [6.45, 7) is 9.50. The second-order valence-corrected chi connectivity index (χ2v) is 8.04. The smallest absolute Gasteiger partial charge is 0.191 e. The van der Waals surface area contributed by atoms with Crippen LogP contribution in [0.1, 0.15) is 25.0 Å². The summed E-state index contributed by atoms with van der Waals surface area (Å²) in [5, 5.41) is 21.3. The highest BCUT2D eigenvalue weighted by atomic mass is 127. The molecule has 0 bridgehead atoms. The second kappa shape index (κ2) is 11.6. The number of likely N-dealkylation sites (N-methyl/N-ethyl adjacent to an activating group) is 1. The summed E-state index contributed by atoms with van der Waals surface area (Å²) in [7, 11) is 3.99. The van der Waals surface area contributed by atoms with Gasteiger partial charge >= 0.3 is 0 Å². The van der Waals surface area contributed by atoms with Gasteiger partial charge in [-0.05, 0) is 32.5 Å². The molecule has 1 saturated heterocycles. The van der Waals surface area contributed by atoms with E-state index in [0.29, 0.717) is 19.0 Å². The zero-order valence-corrected chi connectivity index (χ0v) is 21.2. The van der Waals surface area contributed by atoms with Crippen LogP contribution in [0.25, 0.3) is 0 Å². The van der Waals surface area contributed by atoms with Crippen molar-refractivity contribution in [2.24, 2.45) is 12.0 Å². The third-order valence-electron chi connectivity index (χ3n) is 5.33. The summed E-state index contributed by atoms with van der Waals surface area (Å²) in [5.74, 6) is 1.68. The molecule has 9 nitrogen and oxygen atoms in total. The maximum Gasteiger partial charge on any atom is 0.191 e. The molecule has 0 aliphatic carbocycles. The van der Waals surface area contributed by atoms with E-state index < -0.39 is 5.60 Å². The first-order chi connectivity index (χ1) is 14.4. The Kier molecular flexibility index (Phi) is 9.51. The van der Waals surface area contributed by atoms with Crippen molar-refractivity contribution in [1.29, 1.82) is 0 Å². The van der Waals surface area contributed by atoms with E-state index in [4.69, 9.17) is 0 Å². The molecule has 0 radical (unpaired) electrons. The lowest BCUT2D eigenvalue weighted by molar-refractivity contribution is 0.0616. The first-order valence-electron chi connectivity index (χ1n) is 10.5. The first-order valence-corrected chi connectivity index (χ1v) is 10.5. The van der Waals surface area contributed by atoms with Gasteiger partial charge in [0.25, 0.3) is 0 Å². The van der Waals surface area contributed by atoms with Gasteiger partial charge in [-0.1, -0.05) is 6.07 Å². The van der Waals surface area contributed by atoms with Gasteiger partial charge in [-0.15, -0.1) is 24.0 Å². The summed E-state index contributed by atoms with van der Waals surface area (Å²) in [4.78, 5) is 13.9. The van der Waals surface area contributed by atoms with Crippen molar-refractivity contribution in [2.75, 3.05) is 51.2 Å². The van der Waals surface area contributed by atoms with Crippen molar-refractivity contribution >= 4 is 35.8 Å². The van der Waals surface area contributed by atoms with Crippen molar-refractivity contribution in [3.63, 3.8) is 0 Å². The molecule has 10 heteroatoms. The molecular weight excluding hydrogens is 507 g/mol. The summed E-state index contributed by atoms with van der Waals surface area (Å²) in [6, 6.07) is 4.16. The number of pyridine rings is 1. The zero-order chi connectivity index (χ0) is 21.6. The Hall–Kier alpha value is -1.92. The molecule has 3 N–H and O–H groups in total. The predicted molar refractivity (Wildman–Crippen MR) is 135 cm³/mol. The highest BCUT2D eigenvalue weighted by Gasteiger charge is 2.25. The molecular formula is C21H35IN8O. The number of aryl methyl sites for hydroxylation is 1. The van der Waals surface area contributed by atoms with Crippen LogP contribution in [-0.2, 0) is 19.2 Å². The van der Waals surface area contributed by atoms with Crippen LogP contribution in [0.15, 0.2) is 35.7 Å². The number of aliphatic imine (C=N–C) groups is 1. The number of guanidine groups is 1. The van der Waals surface area contributed by atoms with Crippen LogP contribution in [0, 0.1) is 0 Å². The quantitative estimate of drug-likeness (QED) is 0.275. The van der Waals surface area contributed by atoms with Crippen molar-refractivity contribution in [1.82, 2.24) is 30.3 Å². The maximum atomic E-state index is 10.8. The number of halogens is 1. The molecule has 31 heavy (non-hydrogen) atoms. The SMILES string of the molecule is CCNC(=NCc1ccc(N2CCN(C)CC2)nc1)NCC(C)(O)c1cnn(C)c1.I. The van der Waals surface area contributed by atoms with Crippen molar-refractivity contribution in [3.05, 3.63) is 41.9 Å². The minimum atomic E-state index is -1.05. The highest BCUT2D eigenvalue weighted by molar-refractivity contribution is 14.0. The molecule has 0 spiro atoms. The normalized spacial score (nSPS) is 17.1. The van der Waals surface area contributed by atoms with E-state index in [0.717, 1.165) is 49.7 Å². The number of nitrogens with one attached hydrogen (secondary N) is 2. The third-order valence-corrected chi connectivity index (χ3v) is 5.33. The summed E-state index contributed by atoms with van der Waals surface area (Å²) in [5.41, 5.74) is 0.761. The van der Waals surface area contributed by atoms with Crippen LogP contribution >= 0.6 is 24.0 Å². The zero-order valence-electron chi connectivity index (χ0n) is 18.9. The highest BCUT2D eigenvalue weighted by Crippen LogP contribution is 2.18. The number of anilines is 1. The fraction of sp³-hybridized carbons (Fsp3) is 0.571. The molecule has 3 rings (SSSR count). The molecule has 0 aromatic carbocycles. The number of hydrogen-bond acceptors (Lipinski definition) is 6. The molecule has 3 heterocycles. The fourth-order valence-corrected chi connectivity index (χ4v) is 3.30. The van der Waals surface area contributed by atoms with Gasteiger partial charge in [0.05, 0.1) is 19.3 Å². The topological polar surface area (TPSA) is 93.8 Å². The van der Waals surface area contributed by atoms with Crippen LogP contribution in [0.4, 0.5) is 5.82 Å². The fourth-order valence-electron chi connectivity index (χ4n) is 3.30. The number of piperazine rings is 1. The number of aliphatic hydroxyl groups is 1. The van der Waals surface area contributed by atoms with Gasteiger partial charge in [-0.3, -0.25) is 4.68 Å². The van der Waals surface area contributed by atoms with E-state index in [1.54, 1.807) is 17.8 Å². The van der Waals surface area contributed by atoms with Crippen LogP contribution < -0.4 is 15.5 Å². The van der Waals surface area contributed by atoms with E-state index >= 15 is 0 Å². The second-order valence-electron chi connectivity index (χ2n) is 8.04. The van der Waals surface area contributed by atoms with Gasteiger partial charge in [0.1, 0.15) is 11.4 Å². The van der Waals surface area contributed by atoms with Gasteiger partial charge in [-0.25, -0.2) is 9.98 Å². The van der Waals surface area contributed by atoms with Gasteiger partial charge in [0.15, 0.2) is 5.96 Å². The monoisotopic (exact) mass is 542 g/mol. The molecule has 1 unspecified atom stereocenters. The molecule has 0 saturated carbocycles. The van der Waals surface area contributed by atoms with E-state index in [1.165, 1.54) is 0 Å². The molecule has 1 fully saturated rings. The van der Waals surface area contributed by atoms with Gasteiger partial charge in [0, 0.05) is 57.7 Å². The molecule has 1 aliphatic rings. The first kappa shape index (κ1) is 25.3. The summed E-state index contributed by atoms with van der Waals surface area (Å²) >= 11 is 0. The van der Waals surface area contributed by atoms with Crippen LogP contribution in [-0.4, -0.2) is 77.0 Å². The number of hydrogen-bond donors (Lipinski definition) is 3. The third kappa shape index (κ3) is 7.32. The number of rotatable bonds is 7. The average molecular weight is 542 g/mol. The van der Waals surface area contributed by atoms with Gasteiger partial charge in [0.2, 0.25) is 0 Å². The average Bonchev–Trinajstić information content (AvgIpc) is 3.18. The Morgan fingerprint density at radius 1 is 1.16 bits per heavy atom. The van der Waals surface area contributed by atoms with Crippen molar-refractivity contribution < 1.29 is 5.11 Å². The van der Waals surface area contributed by atoms with E-state index in [1.807, 2.05) is 26.4 Å². The Labute approximate surface area is 202 Å². The molecule has 1 atom stereocenters. The Morgan fingerprint density at radius 2 is 1.90 bits per heavy atom. The summed E-state index contributed by atoms with van der Waals surface area (Å²) in [6.07, 6.45) is 5.39. The van der Waals surface area contributed by atoms with Crippen molar-refractivity contribution in [3.8, 4) is 0 Å². The van der Waals surface area contributed by atoms with Crippen molar-refractivity contribution in [2.45, 2.75) is 26.0 Å². The maximum absolute atomic E-state index is 10.8. The number of aromatic nitrogens is 3. The minimum absolute atomic E-state index is 0. The predicted octanol–water partition coefficient (Wildman–Crippen LogP) is 1.15. The van der Waals surface area contributed by atoms with E-state index in [2.05, 4.69) is 54.7 Å². The lowest BCUT2D eigenvalue weighted by Crippen LogP contribution is -2.44. The number of nitrogens with zero attached hydrogens (tertiary/aromatic N) is 6. The molecule has 1 aliphatic heterocycles. The Morgan fingerprint density at radius 3 is 2.48 bits per heavy atom. The van der Waals surface area contributed by atoms with E-state index in [9.17, 15) is 5.11 Å². The lowest BCUT2D eigenvalue weighted by atomic mass is 10.00. The minimum Gasteiger partial charge on any atom is -0.383 e. The van der Waals surface area contributed by atoms with Crippen LogP contribution in [0.5, 0.6) is 0 Å². The van der Waals surface area contributed by atoms with Gasteiger partial charge in [-0.2, -0.15) is 5.10 Å². The Balaban J connectivity index is 0.00000341. The van der Waals surface area contributed by atoms with Crippen LogP contribution in [0.3, 0.4) is 0 Å². The largest absolute Gasteiger partial charge is 0.383 e. The molecule has 0 amide bonds.